The van der Waals surface area contributed by atoms with Gasteiger partial charge in [-0.1, -0.05) is 0 Å². The molecule has 1 aromatic heterocycles. The summed E-state index contributed by atoms with van der Waals surface area (Å²) in [4.78, 5) is 41.1. The number of benzene rings is 1. The van der Waals surface area contributed by atoms with Gasteiger partial charge in [-0.05, 0) is 38.1 Å². The quantitative estimate of drug-likeness (QED) is 0.845. The van der Waals surface area contributed by atoms with Gasteiger partial charge in [0, 0.05) is 31.7 Å². The second-order valence-electron chi connectivity index (χ2n) is 5.80. The summed E-state index contributed by atoms with van der Waals surface area (Å²) in [7, 11) is 1.78. The average molecular weight is 353 g/mol. The van der Waals surface area contributed by atoms with E-state index in [1.54, 1.807) is 37.1 Å². The van der Waals surface area contributed by atoms with Crippen LogP contribution in [0.4, 0.5) is 0 Å². The highest BCUT2D eigenvalue weighted by Gasteiger charge is 2.24. The Hall–Kier alpha value is -2.12. The van der Waals surface area contributed by atoms with Gasteiger partial charge in [0.2, 0.25) is 0 Å². The van der Waals surface area contributed by atoms with Crippen molar-refractivity contribution in [2.45, 2.75) is 25.9 Å². The van der Waals surface area contributed by atoms with Crippen molar-refractivity contribution in [2.24, 2.45) is 0 Å². The minimum atomic E-state index is -0.456. The van der Waals surface area contributed by atoms with E-state index in [0.29, 0.717) is 23.0 Å². The first kappa shape index (κ1) is 18.2. The van der Waals surface area contributed by atoms with Crippen LogP contribution < -0.4 is 16.6 Å². The molecule has 2 N–H and O–H groups in total. The first-order valence-electron chi connectivity index (χ1n) is 7.77. The van der Waals surface area contributed by atoms with Crippen LogP contribution in [0.25, 0.3) is 10.9 Å². The van der Waals surface area contributed by atoms with Gasteiger partial charge in [-0.25, -0.2) is 4.79 Å². The fourth-order valence-corrected chi connectivity index (χ4v) is 3.01. The number of aromatic nitrogens is 2. The van der Waals surface area contributed by atoms with Crippen LogP contribution in [-0.2, 0) is 6.54 Å². The third kappa shape index (κ3) is 3.09. The van der Waals surface area contributed by atoms with E-state index in [-0.39, 0.29) is 29.9 Å². The molecule has 1 aromatic carbocycles. The highest BCUT2D eigenvalue weighted by Crippen LogP contribution is 2.14. The second-order valence-corrected chi connectivity index (χ2v) is 5.80. The standard InChI is InChI=1S/C16H20N4O3.ClH/c1-3-20-15(22)12-5-4-10(8-13(12)18-16(20)23)14(21)19(2)11-6-7-17-9-11;/h4-5,8,11,17H,3,6-7,9H2,1-2H3,(H,18,23);1H. The van der Waals surface area contributed by atoms with E-state index in [4.69, 9.17) is 0 Å². The number of H-pyrrole nitrogens is 1. The zero-order chi connectivity index (χ0) is 16.6. The lowest BCUT2D eigenvalue weighted by atomic mass is 10.1. The van der Waals surface area contributed by atoms with E-state index in [0.717, 1.165) is 24.1 Å². The number of hydrogen-bond donors (Lipinski definition) is 2. The second kappa shape index (κ2) is 7.19. The summed E-state index contributed by atoms with van der Waals surface area (Å²) in [5.74, 6) is -0.110. The number of amides is 1. The summed E-state index contributed by atoms with van der Waals surface area (Å²) in [6.07, 6.45) is 0.924. The summed E-state index contributed by atoms with van der Waals surface area (Å²) < 4.78 is 1.14. The summed E-state index contributed by atoms with van der Waals surface area (Å²) in [6, 6.07) is 5.00. The predicted octanol–water partition coefficient (Wildman–Crippen LogP) is 0.565. The number of fused-ring (bicyclic) bond motifs is 1. The number of likely N-dealkylation sites (N-methyl/N-ethyl adjacent to an activating group) is 1. The van der Waals surface area contributed by atoms with Crippen LogP contribution in [0.2, 0.25) is 0 Å². The number of halogens is 1. The average Bonchev–Trinajstić information content (AvgIpc) is 3.07. The molecule has 0 spiro atoms. The largest absolute Gasteiger partial charge is 0.337 e. The molecule has 1 aliphatic rings. The van der Waals surface area contributed by atoms with Gasteiger partial charge in [0.25, 0.3) is 11.5 Å². The van der Waals surface area contributed by atoms with Crippen molar-refractivity contribution in [1.82, 2.24) is 19.8 Å². The fourth-order valence-electron chi connectivity index (χ4n) is 3.01. The van der Waals surface area contributed by atoms with Crippen molar-refractivity contribution < 1.29 is 4.79 Å². The van der Waals surface area contributed by atoms with Gasteiger partial charge in [0.05, 0.1) is 10.9 Å². The maximum absolute atomic E-state index is 12.6. The first-order chi connectivity index (χ1) is 11.0. The van der Waals surface area contributed by atoms with Crippen molar-refractivity contribution >= 4 is 29.2 Å². The molecule has 7 nitrogen and oxygen atoms in total. The predicted molar refractivity (Wildman–Crippen MR) is 95.1 cm³/mol. The molecule has 130 valence electrons. The lowest BCUT2D eigenvalue weighted by molar-refractivity contribution is 0.0744. The van der Waals surface area contributed by atoms with Crippen LogP contribution in [-0.4, -0.2) is 46.5 Å². The molecule has 1 saturated heterocycles. The molecule has 1 atom stereocenters. The van der Waals surface area contributed by atoms with Crippen molar-refractivity contribution in [2.75, 3.05) is 20.1 Å². The Kier molecular flexibility index (Phi) is 5.46. The summed E-state index contributed by atoms with van der Waals surface area (Å²) in [6.45, 7) is 3.74. The van der Waals surface area contributed by atoms with E-state index in [9.17, 15) is 14.4 Å². The lowest BCUT2D eigenvalue weighted by Crippen LogP contribution is -2.38. The molecule has 1 fully saturated rings. The van der Waals surface area contributed by atoms with E-state index in [1.807, 2.05) is 0 Å². The zero-order valence-corrected chi connectivity index (χ0v) is 14.5. The minimum absolute atomic E-state index is 0. The van der Waals surface area contributed by atoms with Gasteiger partial charge in [-0.15, -0.1) is 12.4 Å². The Labute approximate surface area is 145 Å². The van der Waals surface area contributed by atoms with Gasteiger partial charge < -0.3 is 15.2 Å². The molecule has 0 saturated carbocycles. The number of hydrogen-bond acceptors (Lipinski definition) is 4. The fraction of sp³-hybridized carbons (Fsp3) is 0.438. The number of nitrogens with zero attached hydrogens (tertiary/aromatic N) is 2. The van der Waals surface area contributed by atoms with Gasteiger partial charge in [0.15, 0.2) is 0 Å². The molecule has 3 rings (SSSR count). The zero-order valence-electron chi connectivity index (χ0n) is 13.7. The van der Waals surface area contributed by atoms with Crippen LogP contribution in [0.5, 0.6) is 0 Å². The molecule has 24 heavy (non-hydrogen) atoms. The molecule has 0 radical (unpaired) electrons. The number of carbonyl (C=O) groups excluding carboxylic acids is 1. The molecule has 1 unspecified atom stereocenters. The lowest BCUT2D eigenvalue weighted by Gasteiger charge is -2.23. The van der Waals surface area contributed by atoms with E-state index >= 15 is 0 Å². The Balaban J connectivity index is 0.00000208. The SMILES string of the molecule is CCn1c(=O)[nH]c2cc(C(=O)N(C)C3CCNC3)ccc2c1=O.Cl. The van der Waals surface area contributed by atoms with Crippen molar-refractivity contribution in [1.29, 1.82) is 0 Å². The number of rotatable bonds is 3. The number of nitrogens with one attached hydrogen (secondary N) is 2. The Morgan fingerprint density at radius 2 is 2.12 bits per heavy atom. The van der Waals surface area contributed by atoms with Gasteiger partial charge in [-0.3, -0.25) is 14.2 Å². The smallest absolute Gasteiger partial charge is 0.328 e. The minimum Gasteiger partial charge on any atom is -0.337 e. The normalized spacial score (nSPS) is 16.8. The van der Waals surface area contributed by atoms with E-state index in [1.165, 1.54) is 0 Å². The topological polar surface area (TPSA) is 87.2 Å². The molecule has 8 heteroatoms. The molecular weight excluding hydrogens is 332 g/mol. The Morgan fingerprint density at radius 1 is 1.38 bits per heavy atom. The highest BCUT2D eigenvalue weighted by atomic mass is 35.5. The summed E-state index contributed by atoms with van der Waals surface area (Å²) in [5.41, 5.74) is 0.0752. The van der Waals surface area contributed by atoms with E-state index < -0.39 is 5.69 Å². The van der Waals surface area contributed by atoms with Crippen LogP contribution in [0.1, 0.15) is 23.7 Å². The summed E-state index contributed by atoms with van der Waals surface area (Å²) >= 11 is 0. The molecule has 2 heterocycles. The van der Waals surface area contributed by atoms with Gasteiger partial charge >= 0.3 is 5.69 Å². The van der Waals surface area contributed by atoms with Crippen LogP contribution in [0.3, 0.4) is 0 Å². The maximum Gasteiger partial charge on any atom is 0.328 e. The number of aromatic amines is 1. The van der Waals surface area contributed by atoms with Crippen LogP contribution in [0.15, 0.2) is 27.8 Å². The van der Waals surface area contributed by atoms with Gasteiger partial charge in [-0.2, -0.15) is 0 Å². The third-order valence-electron chi connectivity index (χ3n) is 4.45. The molecular formula is C16H21ClN4O3. The van der Waals surface area contributed by atoms with Gasteiger partial charge in [0.1, 0.15) is 0 Å². The molecule has 0 aliphatic carbocycles. The first-order valence-corrected chi connectivity index (χ1v) is 7.77. The van der Waals surface area contributed by atoms with Crippen molar-refractivity contribution in [3.05, 3.63) is 44.6 Å². The molecule has 1 amide bonds. The van der Waals surface area contributed by atoms with Crippen molar-refractivity contribution in [3.8, 4) is 0 Å². The summed E-state index contributed by atoms with van der Waals surface area (Å²) in [5, 5.41) is 3.64. The molecule has 0 bridgehead atoms. The van der Waals surface area contributed by atoms with Crippen molar-refractivity contribution in [3.63, 3.8) is 0 Å². The Bertz CT molecular complexity index is 868. The molecule has 1 aliphatic heterocycles. The van der Waals surface area contributed by atoms with Crippen LogP contribution in [0, 0.1) is 0 Å². The molecule has 2 aromatic rings. The maximum atomic E-state index is 12.6. The van der Waals surface area contributed by atoms with Crippen LogP contribution >= 0.6 is 12.4 Å². The highest BCUT2D eigenvalue weighted by molar-refractivity contribution is 5.97. The van der Waals surface area contributed by atoms with E-state index in [2.05, 4.69) is 10.3 Å². The third-order valence-corrected chi connectivity index (χ3v) is 4.45. The Morgan fingerprint density at radius 3 is 2.75 bits per heavy atom. The number of carbonyl (C=O) groups is 1. The monoisotopic (exact) mass is 352 g/mol.